The summed E-state index contributed by atoms with van der Waals surface area (Å²) in [5.74, 6) is 0. The first-order chi connectivity index (χ1) is 7.29. The quantitative estimate of drug-likeness (QED) is 0.668. The molecule has 90 valence electrons. The fourth-order valence-corrected chi connectivity index (χ4v) is 0.950. The Hall–Kier alpha value is -0.550. The van der Waals surface area contributed by atoms with E-state index in [1.54, 1.807) is 0 Å². The third-order valence-electron chi connectivity index (χ3n) is 1.46. The average Bonchev–Trinajstić information content (AvgIpc) is 2.14. The normalized spacial score (nSPS) is 11.6. The molecule has 0 radical (unpaired) electrons. The van der Waals surface area contributed by atoms with Crippen molar-refractivity contribution in [3.63, 3.8) is 0 Å². The molecule has 0 amide bonds. The highest BCUT2D eigenvalue weighted by Crippen LogP contribution is 2.04. The summed E-state index contributed by atoms with van der Waals surface area (Å²) < 4.78 is 25.2. The van der Waals surface area contributed by atoms with Crippen molar-refractivity contribution >= 4 is 31.6 Å². The predicted molar refractivity (Wildman–Crippen MR) is 67.2 cm³/mol. The monoisotopic (exact) mass is 282 g/mol. The van der Waals surface area contributed by atoms with Gasteiger partial charge >= 0.3 is 9.33 Å². The molecule has 0 atom stereocenters. The molecule has 1 N–H and O–H groups in total. The lowest BCUT2D eigenvalue weighted by molar-refractivity contribution is 0.501. The second kappa shape index (κ2) is 7.68. The molecule has 0 heterocycles. The van der Waals surface area contributed by atoms with Gasteiger partial charge in [0.1, 0.15) is 0 Å². The molecule has 0 fully saturated rings. The number of allylic oxidation sites excluding steroid dienone is 2. The standard InChI is InChI=1S/C10H11Cl.ClHO3S/c1-9(11)7-8-10-5-3-2-4-6-10;1-5(2,3)4/h2-7H,8H2,1H3;(H,2,3,4). The van der Waals surface area contributed by atoms with Gasteiger partial charge in [0.05, 0.1) is 0 Å². The van der Waals surface area contributed by atoms with Gasteiger partial charge in [-0.05, 0) is 18.9 Å². The maximum absolute atomic E-state index is 8.95. The second-order valence-electron chi connectivity index (χ2n) is 2.89. The molecule has 0 saturated carbocycles. The van der Waals surface area contributed by atoms with Crippen LogP contribution in [-0.2, 0) is 15.8 Å². The minimum atomic E-state index is -4.19. The highest BCUT2D eigenvalue weighted by Gasteiger charge is 1.87. The van der Waals surface area contributed by atoms with Crippen molar-refractivity contribution in [3.05, 3.63) is 47.0 Å². The highest BCUT2D eigenvalue weighted by molar-refractivity contribution is 8.09. The second-order valence-corrected chi connectivity index (χ2v) is 5.48. The first kappa shape index (κ1) is 15.4. The minimum absolute atomic E-state index is 0.855. The molecule has 0 aliphatic heterocycles. The number of halogens is 2. The van der Waals surface area contributed by atoms with E-state index in [-0.39, 0.29) is 0 Å². The van der Waals surface area contributed by atoms with E-state index in [4.69, 9.17) is 24.6 Å². The van der Waals surface area contributed by atoms with E-state index in [9.17, 15) is 0 Å². The average molecular weight is 283 g/mol. The van der Waals surface area contributed by atoms with Gasteiger partial charge in [0, 0.05) is 15.7 Å². The Kier molecular flexibility index (Phi) is 7.42. The smallest absolute Gasteiger partial charge is 0.273 e. The first-order valence-corrected chi connectivity index (χ1v) is 6.96. The zero-order chi connectivity index (χ0) is 12.6. The van der Waals surface area contributed by atoms with E-state index in [1.165, 1.54) is 5.56 Å². The van der Waals surface area contributed by atoms with Gasteiger partial charge in [0.25, 0.3) is 0 Å². The van der Waals surface area contributed by atoms with Gasteiger partial charge < -0.3 is 0 Å². The molecule has 0 unspecified atom stereocenters. The van der Waals surface area contributed by atoms with Crippen LogP contribution in [0.2, 0.25) is 0 Å². The van der Waals surface area contributed by atoms with Crippen LogP contribution in [0.3, 0.4) is 0 Å². The van der Waals surface area contributed by atoms with Crippen LogP contribution in [0, 0.1) is 0 Å². The van der Waals surface area contributed by atoms with Gasteiger partial charge in [-0.3, -0.25) is 4.55 Å². The molecule has 0 spiro atoms. The van der Waals surface area contributed by atoms with Crippen LogP contribution >= 0.6 is 22.3 Å². The van der Waals surface area contributed by atoms with Crippen molar-refractivity contribution in [2.24, 2.45) is 0 Å². The molecule has 1 rings (SSSR count). The van der Waals surface area contributed by atoms with Crippen molar-refractivity contribution in [2.75, 3.05) is 0 Å². The molecule has 3 nitrogen and oxygen atoms in total. The van der Waals surface area contributed by atoms with Crippen molar-refractivity contribution in [1.29, 1.82) is 0 Å². The molecule has 0 bridgehead atoms. The summed E-state index contributed by atoms with van der Waals surface area (Å²) in [6, 6.07) is 10.3. The Morgan fingerprint density at radius 3 is 2.19 bits per heavy atom. The topological polar surface area (TPSA) is 54.4 Å². The maximum Gasteiger partial charge on any atom is 0.353 e. The summed E-state index contributed by atoms with van der Waals surface area (Å²) in [7, 11) is -0.137. The van der Waals surface area contributed by atoms with Crippen LogP contribution < -0.4 is 0 Å². The van der Waals surface area contributed by atoms with Crippen LogP contribution in [0.15, 0.2) is 41.4 Å². The minimum Gasteiger partial charge on any atom is -0.273 e. The van der Waals surface area contributed by atoms with Gasteiger partial charge in [-0.2, -0.15) is 8.42 Å². The molecular formula is C10H12Cl2O3S. The third-order valence-corrected chi connectivity index (χ3v) is 1.62. The van der Waals surface area contributed by atoms with Crippen molar-refractivity contribution in [1.82, 2.24) is 0 Å². The fraction of sp³-hybridized carbons (Fsp3) is 0.200. The number of rotatable bonds is 2. The molecule has 0 saturated heterocycles. The zero-order valence-corrected chi connectivity index (χ0v) is 10.9. The van der Waals surface area contributed by atoms with Crippen molar-refractivity contribution in [3.8, 4) is 0 Å². The number of benzene rings is 1. The Morgan fingerprint density at radius 1 is 1.38 bits per heavy atom. The highest BCUT2D eigenvalue weighted by atomic mass is 35.7. The molecule has 1 aromatic rings. The molecule has 6 heteroatoms. The van der Waals surface area contributed by atoms with E-state index >= 15 is 0 Å². The van der Waals surface area contributed by atoms with Gasteiger partial charge in [-0.25, -0.2) is 0 Å². The summed E-state index contributed by atoms with van der Waals surface area (Å²) in [5.41, 5.74) is 1.30. The van der Waals surface area contributed by atoms with Gasteiger partial charge in [0.15, 0.2) is 0 Å². The molecule has 16 heavy (non-hydrogen) atoms. The van der Waals surface area contributed by atoms with Crippen molar-refractivity contribution < 1.29 is 13.0 Å². The van der Waals surface area contributed by atoms with Crippen LogP contribution in [0.1, 0.15) is 12.5 Å². The Morgan fingerprint density at radius 2 is 1.81 bits per heavy atom. The van der Waals surface area contributed by atoms with Crippen LogP contribution in [0.4, 0.5) is 0 Å². The number of hydrogen-bond acceptors (Lipinski definition) is 2. The van der Waals surface area contributed by atoms with E-state index in [1.807, 2.05) is 31.2 Å². The third kappa shape index (κ3) is 13.4. The largest absolute Gasteiger partial charge is 0.353 e. The lowest BCUT2D eigenvalue weighted by Gasteiger charge is -1.93. The van der Waals surface area contributed by atoms with Gasteiger partial charge in [-0.1, -0.05) is 48.0 Å². The molecular weight excluding hydrogens is 271 g/mol. The summed E-state index contributed by atoms with van der Waals surface area (Å²) in [6.45, 7) is 1.89. The maximum atomic E-state index is 8.95. The Bertz CT molecular complexity index is 415. The summed E-state index contributed by atoms with van der Waals surface area (Å²) in [5, 5.41) is 0.855. The predicted octanol–water partition coefficient (Wildman–Crippen LogP) is 3.40. The summed E-state index contributed by atoms with van der Waals surface area (Å²) in [4.78, 5) is 0. The van der Waals surface area contributed by atoms with Crippen LogP contribution in [0.5, 0.6) is 0 Å². The Balaban J connectivity index is 0.000000385. The first-order valence-electron chi connectivity index (χ1n) is 4.32. The zero-order valence-electron chi connectivity index (χ0n) is 8.60. The Labute approximate surface area is 105 Å². The molecule has 0 aromatic heterocycles. The van der Waals surface area contributed by atoms with E-state index in [0.717, 1.165) is 11.5 Å². The van der Waals surface area contributed by atoms with E-state index in [0.29, 0.717) is 0 Å². The van der Waals surface area contributed by atoms with E-state index < -0.39 is 9.33 Å². The molecule has 1 aromatic carbocycles. The van der Waals surface area contributed by atoms with Gasteiger partial charge in [0.2, 0.25) is 0 Å². The van der Waals surface area contributed by atoms with Crippen LogP contribution in [-0.4, -0.2) is 13.0 Å². The lowest BCUT2D eigenvalue weighted by atomic mass is 10.1. The molecule has 0 aliphatic rings. The lowest BCUT2D eigenvalue weighted by Crippen LogP contribution is -1.78. The van der Waals surface area contributed by atoms with Gasteiger partial charge in [-0.15, -0.1) is 0 Å². The molecule has 0 aliphatic carbocycles. The SMILES string of the molecule is CC(Cl)=CCc1ccccc1.O=S(=O)(O)Cl. The van der Waals surface area contributed by atoms with Crippen LogP contribution in [0.25, 0.3) is 0 Å². The number of hydrogen-bond donors (Lipinski definition) is 1. The van der Waals surface area contributed by atoms with Crippen molar-refractivity contribution in [2.45, 2.75) is 13.3 Å². The summed E-state index contributed by atoms with van der Waals surface area (Å²) >= 11 is 5.69. The fourth-order valence-electron chi connectivity index (χ4n) is 0.873. The van der Waals surface area contributed by atoms with E-state index in [2.05, 4.69) is 22.8 Å². The summed E-state index contributed by atoms with van der Waals surface area (Å²) in [6.07, 6.45) is 2.94.